The molecule has 0 bridgehead atoms. The van der Waals surface area contributed by atoms with Crippen molar-refractivity contribution in [2.24, 2.45) is 0 Å². The monoisotopic (exact) mass is 243 g/mol. The Balaban J connectivity index is 2.72. The molecule has 0 heterocycles. The van der Waals surface area contributed by atoms with Crippen molar-refractivity contribution in [3.63, 3.8) is 0 Å². The quantitative estimate of drug-likeness (QED) is 0.852. The van der Waals surface area contributed by atoms with Crippen LogP contribution in [0.25, 0.3) is 0 Å². The molecule has 0 saturated heterocycles. The molecule has 5 heteroatoms. The van der Waals surface area contributed by atoms with Crippen LogP contribution in [0.15, 0.2) is 29.2 Å². The maximum absolute atomic E-state index is 11.2. The van der Waals surface area contributed by atoms with Crippen LogP contribution in [0.2, 0.25) is 0 Å². The van der Waals surface area contributed by atoms with Crippen LogP contribution in [0.4, 0.5) is 5.69 Å². The summed E-state index contributed by atoms with van der Waals surface area (Å²) in [6.07, 6.45) is 1.20. The van der Waals surface area contributed by atoms with E-state index in [-0.39, 0.29) is 6.04 Å². The molecule has 4 nitrogen and oxygen atoms in total. The first-order chi connectivity index (χ1) is 7.43. The van der Waals surface area contributed by atoms with Crippen molar-refractivity contribution in [1.29, 1.82) is 0 Å². The average Bonchev–Trinajstić information content (AvgIpc) is 2.17. The lowest BCUT2D eigenvalue weighted by molar-refractivity contribution is 0.190. The first-order valence-corrected chi connectivity index (χ1v) is 6.88. The van der Waals surface area contributed by atoms with E-state index >= 15 is 0 Å². The first kappa shape index (κ1) is 13.0. The molecule has 0 aliphatic rings. The summed E-state index contributed by atoms with van der Waals surface area (Å²) in [5, 5.41) is 3.20. The Morgan fingerprint density at radius 1 is 1.31 bits per heavy atom. The van der Waals surface area contributed by atoms with Crippen molar-refractivity contribution >= 4 is 15.5 Å². The summed E-state index contributed by atoms with van der Waals surface area (Å²) >= 11 is 0. The Morgan fingerprint density at radius 3 is 2.31 bits per heavy atom. The van der Waals surface area contributed by atoms with Crippen LogP contribution in [-0.2, 0) is 14.6 Å². The van der Waals surface area contributed by atoms with Gasteiger partial charge in [0, 0.05) is 25.1 Å². The Labute approximate surface area is 96.5 Å². The van der Waals surface area contributed by atoms with E-state index in [1.807, 2.05) is 6.92 Å². The molecule has 0 radical (unpaired) electrons. The van der Waals surface area contributed by atoms with Gasteiger partial charge in [0.05, 0.1) is 11.5 Å². The molecule has 1 aromatic rings. The van der Waals surface area contributed by atoms with Crippen LogP contribution in [-0.4, -0.2) is 34.4 Å². The third-order valence-corrected chi connectivity index (χ3v) is 3.24. The number of ether oxygens (including phenoxy) is 1. The summed E-state index contributed by atoms with van der Waals surface area (Å²) in [5.41, 5.74) is 0.886. The second-order valence-corrected chi connectivity index (χ2v) is 5.81. The lowest BCUT2D eigenvalue weighted by atomic mass is 10.3. The molecule has 0 aromatic heterocycles. The Morgan fingerprint density at radius 2 is 1.88 bits per heavy atom. The van der Waals surface area contributed by atoms with Crippen LogP contribution < -0.4 is 5.32 Å². The maximum Gasteiger partial charge on any atom is 0.175 e. The standard InChI is InChI=1S/C11H17NO3S/c1-9(8-15-2)12-10-4-6-11(7-5-10)16(3,13)14/h4-7,9,12H,8H2,1-3H3. The fraction of sp³-hybridized carbons (Fsp3) is 0.455. The molecular formula is C11H17NO3S. The van der Waals surface area contributed by atoms with E-state index in [1.165, 1.54) is 6.26 Å². The number of nitrogens with one attached hydrogen (secondary N) is 1. The van der Waals surface area contributed by atoms with E-state index in [9.17, 15) is 8.42 Å². The maximum atomic E-state index is 11.2. The first-order valence-electron chi connectivity index (χ1n) is 4.99. The number of methoxy groups -OCH3 is 1. The van der Waals surface area contributed by atoms with Crippen LogP contribution in [0.3, 0.4) is 0 Å². The summed E-state index contributed by atoms with van der Waals surface area (Å²) in [4.78, 5) is 0.331. The van der Waals surface area contributed by atoms with Gasteiger partial charge in [-0.2, -0.15) is 0 Å². The predicted molar refractivity (Wildman–Crippen MR) is 64.5 cm³/mol. The molecule has 1 atom stereocenters. The van der Waals surface area contributed by atoms with Gasteiger partial charge >= 0.3 is 0 Å². The summed E-state index contributed by atoms with van der Waals surface area (Å²) in [6.45, 7) is 2.60. The third kappa shape index (κ3) is 3.83. The van der Waals surface area contributed by atoms with Gasteiger partial charge in [-0.05, 0) is 31.2 Å². The Bertz CT molecular complexity index is 425. The molecule has 0 aliphatic heterocycles. The molecule has 1 N–H and O–H groups in total. The molecule has 0 amide bonds. The van der Waals surface area contributed by atoms with Gasteiger partial charge in [0.25, 0.3) is 0 Å². The largest absolute Gasteiger partial charge is 0.383 e. The summed E-state index contributed by atoms with van der Waals surface area (Å²) in [6, 6.07) is 6.88. The molecule has 0 saturated carbocycles. The minimum Gasteiger partial charge on any atom is -0.383 e. The number of benzene rings is 1. The van der Waals surface area contributed by atoms with Crippen LogP contribution in [0.1, 0.15) is 6.92 Å². The molecule has 1 rings (SSSR count). The highest BCUT2D eigenvalue weighted by molar-refractivity contribution is 7.90. The predicted octanol–water partition coefficient (Wildman–Crippen LogP) is 1.54. The summed E-state index contributed by atoms with van der Waals surface area (Å²) in [7, 11) is -1.47. The fourth-order valence-corrected chi connectivity index (χ4v) is 2.01. The minimum absolute atomic E-state index is 0.189. The van der Waals surface area contributed by atoms with Gasteiger partial charge in [-0.25, -0.2) is 8.42 Å². The normalized spacial score (nSPS) is 13.4. The number of anilines is 1. The zero-order valence-electron chi connectivity index (χ0n) is 9.73. The topological polar surface area (TPSA) is 55.4 Å². The molecule has 0 spiro atoms. The second kappa shape index (κ2) is 5.32. The van der Waals surface area contributed by atoms with Crippen molar-refractivity contribution in [3.05, 3.63) is 24.3 Å². The van der Waals surface area contributed by atoms with Crippen LogP contribution in [0.5, 0.6) is 0 Å². The SMILES string of the molecule is COCC(C)Nc1ccc(S(C)(=O)=O)cc1. The number of hydrogen-bond donors (Lipinski definition) is 1. The highest BCUT2D eigenvalue weighted by Gasteiger charge is 2.06. The van der Waals surface area contributed by atoms with Gasteiger partial charge in [-0.1, -0.05) is 0 Å². The zero-order chi connectivity index (χ0) is 12.2. The molecule has 0 aliphatic carbocycles. The van der Waals surface area contributed by atoms with Gasteiger partial charge < -0.3 is 10.1 Å². The van der Waals surface area contributed by atoms with Gasteiger partial charge in [-0.3, -0.25) is 0 Å². The van der Waals surface area contributed by atoms with E-state index in [0.29, 0.717) is 11.5 Å². The van der Waals surface area contributed by atoms with E-state index in [2.05, 4.69) is 5.32 Å². The van der Waals surface area contributed by atoms with Crippen LogP contribution >= 0.6 is 0 Å². The van der Waals surface area contributed by atoms with Gasteiger partial charge in [0.2, 0.25) is 0 Å². The molecule has 1 aromatic carbocycles. The fourth-order valence-electron chi connectivity index (χ4n) is 1.37. The minimum atomic E-state index is -3.11. The molecule has 1 unspecified atom stereocenters. The molecular weight excluding hydrogens is 226 g/mol. The van der Waals surface area contributed by atoms with Crippen molar-refractivity contribution in [2.45, 2.75) is 17.9 Å². The van der Waals surface area contributed by atoms with E-state index in [0.717, 1.165) is 5.69 Å². The van der Waals surface area contributed by atoms with E-state index in [1.54, 1.807) is 31.4 Å². The second-order valence-electron chi connectivity index (χ2n) is 3.80. The van der Waals surface area contributed by atoms with E-state index in [4.69, 9.17) is 4.74 Å². The third-order valence-electron chi connectivity index (χ3n) is 2.11. The van der Waals surface area contributed by atoms with Crippen molar-refractivity contribution in [2.75, 3.05) is 25.3 Å². The number of hydrogen-bond acceptors (Lipinski definition) is 4. The lowest BCUT2D eigenvalue weighted by Crippen LogP contribution is -2.20. The number of rotatable bonds is 5. The van der Waals surface area contributed by atoms with Gasteiger partial charge in [-0.15, -0.1) is 0 Å². The van der Waals surface area contributed by atoms with Gasteiger partial charge in [0.15, 0.2) is 9.84 Å². The lowest BCUT2D eigenvalue weighted by Gasteiger charge is -2.14. The van der Waals surface area contributed by atoms with Crippen molar-refractivity contribution in [1.82, 2.24) is 0 Å². The van der Waals surface area contributed by atoms with Gasteiger partial charge in [0.1, 0.15) is 0 Å². The van der Waals surface area contributed by atoms with E-state index < -0.39 is 9.84 Å². The average molecular weight is 243 g/mol. The highest BCUT2D eigenvalue weighted by atomic mass is 32.2. The zero-order valence-corrected chi connectivity index (χ0v) is 10.5. The summed E-state index contributed by atoms with van der Waals surface area (Å²) in [5.74, 6) is 0. The molecule has 0 fully saturated rings. The Kier molecular flexibility index (Phi) is 4.32. The van der Waals surface area contributed by atoms with Crippen molar-refractivity contribution in [3.8, 4) is 0 Å². The summed E-state index contributed by atoms with van der Waals surface area (Å²) < 4.78 is 27.5. The smallest absolute Gasteiger partial charge is 0.175 e. The highest BCUT2D eigenvalue weighted by Crippen LogP contribution is 2.14. The molecule has 16 heavy (non-hydrogen) atoms. The molecule has 90 valence electrons. The number of sulfone groups is 1. The Hall–Kier alpha value is -1.07. The van der Waals surface area contributed by atoms with Crippen LogP contribution in [0, 0.1) is 0 Å². The van der Waals surface area contributed by atoms with Crippen molar-refractivity contribution < 1.29 is 13.2 Å².